The number of halogens is 1. The summed E-state index contributed by atoms with van der Waals surface area (Å²) >= 11 is 1.59. The molecule has 4 nitrogen and oxygen atoms in total. The minimum absolute atomic E-state index is 0. The number of rotatable bonds is 7. The largest absolute Gasteiger partial charge is 0.501 e. The molecule has 0 amide bonds. The fourth-order valence-corrected chi connectivity index (χ4v) is 10.9. The summed E-state index contributed by atoms with van der Waals surface area (Å²) in [6.45, 7) is 16.1. The first kappa shape index (κ1) is 44.2. The van der Waals surface area contributed by atoms with Crippen LogP contribution in [-0.2, 0) is 20.1 Å². The Morgan fingerprint density at radius 2 is 1.32 bits per heavy atom. The van der Waals surface area contributed by atoms with Crippen molar-refractivity contribution in [1.82, 2.24) is 14.5 Å². The van der Waals surface area contributed by atoms with Gasteiger partial charge in [-0.1, -0.05) is 160 Å². The van der Waals surface area contributed by atoms with Crippen molar-refractivity contribution in [3.8, 4) is 39.3 Å². The quantitative estimate of drug-likeness (QED) is 0.118. The summed E-state index contributed by atoms with van der Waals surface area (Å²) in [6, 6.07) is 56.7. The molecule has 7 aromatic carbocycles. The van der Waals surface area contributed by atoms with E-state index < -0.39 is 8.07 Å². The van der Waals surface area contributed by atoms with Gasteiger partial charge in [0.05, 0.1) is 30.5 Å². The maximum Gasteiger partial charge on any atom is 0.120 e. The van der Waals surface area contributed by atoms with E-state index in [1.807, 2.05) is 24.4 Å². The van der Waals surface area contributed by atoms with Crippen molar-refractivity contribution in [3.05, 3.63) is 181 Å². The van der Waals surface area contributed by atoms with Crippen LogP contribution in [0, 0.1) is 17.9 Å². The topological polar surface area (TPSA) is 43.9 Å². The first-order chi connectivity index (χ1) is 30.9. The van der Waals surface area contributed by atoms with Gasteiger partial charge in [-0.05, 0) is 80.7 Å². The molecule has 0 aliphatic heterocycles. The number of thiophene rings is 1. The fourth-order valence-electron chi connectivity index (χ4n) is 8.70. The van der Waals surface area contributed by atoms with E-state index in [0.717, 1.165) is 64.7 Å². The molecule has 0 aliphatic rings. The monoisotopic (exact) mass is 1060 g/mol. The van der Waals surface area contributed by atoms with Crippen molar-refractivity contribution in [1.29, 1.82) is 0 Å². The van der Waals surface area contributed by atoms with Crippen molar-refractivity contribution in [2.24, 2.45) is 0 Å². The molecule has 0 unspecified atom stereocenters. The maximum atomic E-state index is 13.2. The standard InChI is InChI=1S/C43H35N2O.C14H13FNSSi.Ir/c1-27(2)36-25-32(31-23-21-30(22-24-31)29-13-6-5-7-14-29)26-37(28(3)4)41(36)45-39-19-10-9-18-38(39)44-43(45)35-17-12-16-34-33-15-8-11-20-40(33)46-42(34)35;1-18(2,3)10-7-13-14(16-8-10)11-5-4-9(15)6-12(11)17-13;/h5-16,18-28H,1-4H3;4,6-8H,1-3H3;/q2*-1;. The molecule has 0 fully saturated rings. The number of pyridine rings is 1. The van der Waals surface area contributed by atoms with Crippen LogP contribution < -0.4 is 5.19 Å². The third kappa shape index (κ3) is 8.30. The van der Waals surface area contributed by atoms with E-state index in [4.69, 9.17) is 9.40 Å². The third-order valence-corrected chi connectivity index (χ3v) is 15.2. The van der Waals surface area contributed by atoms with Crippen LogP contribution in [0.2, 0.25) is 19.6 Å². The summed E-state index contributed by atoms with van der Waals surface area (Å²) in [5.74, 6) is 1.15. The number of benzene rings is 7. The van der Waals surface area contributed by atoms with Crippen LogP contribution in [0.5, 0.6) is 0 Å². The number of hydrogen-bond acceptors (Lipinski definition) is 4. The molecule has 4 aromatic heterocycles. The number of nitrogens with zero attached hydrogens (tertiary/aromatic N) is 3. The molecular weight excluding hydrogens is 1010 g/mol. The van der Waals surface area contributed by atoms with E-state index in [0.29, 0.717) is 0 Å². The van der Waals surface area contributed by atoms with Crippen molar-refractivity contribution in [3.63, 3.8) is 0 Å². The first-order valence-electron chi connectivity index (χ1n) is 22.0. The van der Waals surface area contributed by atoms with Gasteiger partial charge in [0, 0.05) is 53.4 Å². The normalized spacial score (nSPS) is 11.8. The zero-order chi connectivity index (χ0) is 44.3. The number of furan rings is 1. The summed E-state index contributed by atoms with van der Waals surface area (Å²) in [5.41, 5.74) is 14.2. The predicted octanol–water partition coefficient (Wildman–Crippen LogP) is 15.9. The molecule has 325 valence electrons. The van der Waals surface area contributed by atoms with Gasteiger partial charge in [-0.25, -0.2) is 0 Å². The zero-order valence-electron chi connectivity index (χ0n) is 37.5. The minimum Gasteiger partial charge on any atom is -0.501 e. The van der Waals surface area contributed by atoms with Crippen LogP contribution >= 0.6 is 11.3 Å². The Kier molecular flexibility index (Phi) is 12.1. The molecule has 0 spiro atoms. The number of hydrogen-bond donors (Lipinski definition) is 0. The van der Waals surface area contributed by atoms with E-state index in [-0.39, 0.29) is 37.8 Å². The molecule has 0 bridgehead atoms. The average Bonchev–Trinajstić information content (AvgIpc) is 3.99. The Morgan fingerprint density at radius 3 is 2.03 bits per heavy atom. The SMILES string of the molecule is CC(C)c1cc(-c2ccc(-c3ccccc3)cc2)cc(C(C)C)c1-n1c(-c2[c-]ccc3c2oc2ccccc23)nc2ccccc21.C[Si](C)(C)c1cnc2c(c1)sc1cc(F)c[c-]c12.[Ir]. The number of aromatic nitrogens is 3. The molecule has 0 saturated carbocycles. The summed E-state index contributed by atoms with van der Waals surface area (Å²) < 4.78 is 24.1. The van der Waals surface area contributed by atoms with Gasteiger partial charge in [0.25, 0.3) is 0 Å². The molecule has 65 heavy (non-hydrogen) atoms. The van der Waals surface area contributed by atoms with E-state index in [1.165, 1.54) is 50.3 Å². The van der Waals surface area contributed by atoms with Crippen molar-refractivity contribution < 1.29 is 28.9 Å². The van der Waals surface area contributed by atoms with Gasteiger partial charge in [-0.3, -0.25) is 9.37 Å². The Balaban J connectivity index is 0.000000235. The molecule has 0 atom stereocenters. The summed E-state index contributed by atoms with van der Waals surface area (Å²) in [7, 11) is -1.35. The van der Waals surface area contributed by atoms with Crippen molar-refractivity contribution >= 4 is 77.9 Å². The van der Waals surface area contributed by atoms with Crippen molar-refractivity contribution in [2.45, 2.75) is 59.2 Å². The van der Waals surface area contributed by atoms with Gasteiger partial charge in [0.15, 0.2) is 0 Å². The van der Waals surface area contributed by atoms with Gasteiger partial charge in [-0.15, -0.1) is 35.7 Å². The summed E-state index contributed by atoms with van der Waals surface area (Å²) in [4.78, 5) is 9.83. The summed E-state index contributed by atoms with van der Waals surface area (Å²) in [6.07, 6.45) is 1.97. The van der Waals surface area contributed by atoms with Gasteiger partial charge in [0.1, 0.15) is 5.58 Å². The van der Waals surface area contributed by atoms with Gasteiger partial charge in [0.2, 0.25) is 0 Å². The molecule has 4 heterocycles. The Morgan fingerprint density at radius 1 is 0.677 bits per heavy atom. The second kappa shape index (κ2) is 17.7. The third-order valence-electron chi connectivity index (χ3n) is 12.1. The van der Waals surface area contributed by atoms with Crippen LogP contribution in [0.3, 0.4) is 0 Å². The molecule has 0 N–H and O–H groups in total. The van der Waals surface area contributed by atoms with Crippen LogP contribution in [0.4, 0.5) is 4.39 Å². The van der Waals surface area contributed by atoms with Crippen molar-refractivity contribution in [2.75, 3.05) is 0 Å². The number of para-hydroxylation sites is 3. The van der Waals surface area contributed by atoms with Gasteiger partial charge >= 0.3 is 0 Å². The fraction of sp³-hybridized carbons (Fsp3) is 0.158. The van der Waals surface area contributed by atoms with Gasteiger partial charge < -0.3 is 14.0 Å². The predicted molar refractivity (Wildman–Crippen MR) is 271 cm³/mol. The average molecular weight is 1060 g/mol. The smallest absolute Gasteiger partial charge is 0.120 e. The van der Waals surface area contributed by atoms with Crippen LogP contribution in [0.1, 0.15) is 50.7 Å². The Bertz CT molecular complexity index is 3480. The summed E-state index contributed by atoms with van der Waals surface area (Å²) in [5, 5.41) is 4.44. The molecule has 11 rings (SSSR count). The number of fused-ring (bicyclic) bond motifs is 7. The maximum absolute atomic E-state index is 13.2. The Labute approximate surface area is 398 Å². The van der Waals surface area contributed by atoms with Crippen LogP contribution in [0.15, 0.2) is 156 Å². The van der Waals surface area contributed by atoms with Crippen LogP contribution in [0.25, 0.3) is 92.6 Å². The minimum atomic E-state index is -1.35. The van der Waals surface area contributed by atoms with E-state index in [9.17, 15) is 4.39 Å². The molecular formula is C57H48FIrN3OSSi-2. The molecule has 1 radical (unpaired) electrons. The van der Waals surface area contributed by atoms with E-state index in [1.54, 1.807) is 17.4 Å². The van der Waals surface area contributed by atoms with E-state index >= 15 is 0 Å². The molecule has 8 heteroatoms. The van der Waals surface area contributed by atoms with Gasteiger partial charge in [-0.2, -0.15) is 11.3 Å². The first-order valence-corrected chi connectivity index (χ1v) is 26.3. The van der Waals surface area contributed by atoms with Crippen LogP contribution in [-0.4, -0.2) is 22.6 Å². The number of imidazole rings is 1. The molecule has 0 saturated heterocycles. The van der Waals surface area contributed by atoms with E-state index in [2.05, 4.69) is 184 Å². The second-order valence-corrected chi connectivity index (χ2v) is 24.4. The second-order valence-electron chi connectivity index (χ2n) is 18.2. The molecule has 11 aromatic rings. The molecule has 0 aliphatic carbocycles. The zero-order valence-corrected chi connectivity index (χ0v) is 41.7. The Hall–Kier alpha value is -6.02.